The minimum Gasteiger partial charge on any atom is -0.445 e. The van der Waals surface area contributed by atoms with Crippen LogP contribution in [0.25, 0.3) is 0 Å². The summed E-state index contributed by atoms with van der Waals surface area (Å²) in [6.45, 7) is 0. The van der Waals surface area contributed by atoms with Crippen molar-refractivity contribution in [3.63, 3.8) is 0 Å². The van der Waals surface area contributed by atoms with E-state index in [-0.39, 0.29) is 18.8 Å². The molecule has 0 unspecified atom stereocenters. The van der Waals surface area contributed by atoms with Gasteiger partial charge in [0.15, 0.2) is 5.89 Å². The molecule has 1 aliphatic rings. The van der Waals surface area contributed by atoms with Gasteiger partial charge in [0.25, 0.3) is 0 Å². The predicted octanol–water partition coefficient (Wildman–Crippen LogP) is 4.29. The molecule has 0 atom stereocenters. The molecule has 0 bridgehead atoms. The summed E-state index contributed by atoms with van der Waals surface area (Å²) in [4.78, 5) is 4.08. The van der Waals surface area contributed by atoms with Gasteiger partial charge in [-0.2, -0.15) is 13.2 Å². The topological polar surface area (TPSA) is 26.0 Å². The van der Waals surface area contributed by atoms with Crippen molar-refractivity contribution in [2.24, 2.45) is 5.92 Å². The Labute approximate surface area is 109 Å². The highest BCUT2D eigenvalue weighted by atomic mass is 35.5. The average molecular weight is 282 g/mol. The van der Waals surface area contributed by atoms with E-state index in [0.717, 1.165) is 0 Å². The molecule has 1 aliphatic carbocycles. The first-order chi connectivity index (χ1) is 8.50. The zero-order chi connectivity index (χ0) is 13.2. The molecule has 1 fully saturated rings. The lowest BCUT2D eigenvalue weighted by Crippen LogP contribution is -2.27. The fraction of sp³-hybridized carbons (Fsp3) is 0.750. The van der Waals surface area contributed by atoms with Crippen LogP contribution in [0.15, 0.2) is 10.6 Å². The minimum absolute atomic E-state index is 0.0696. The normalized spacial score (nSPS) is 25.3. The van der Waals surface area contributed by atoms with Crippen LogP contribution in [0.3, 0.4) is 0 Å². The van der Waals surface area contributed by atoms with E-state index in [0.29, 0.717) is 36.8 Å². The summed E-state index contributed by atoms with van der Waals surface area (Å²) in [7, 11) is 0. The molecule has 0 amide bonds. The molecule has 1 saturated carbocycles. The van der Waals surface area contributed by atoms with Gasteiger partial charge >= 0.3 is 6.18 Å². The van der Waals surface area contributed by atoms with Gasteiger partial charge in [0, 0.05) is 18.2 Å². The molecular formula is C12H15ClF3NO. The third-order valence-electron chi connectivity index (χ3n) is 3.47. The van der Waals surface area contributed by atoms with Crippen LogP contribution in [0.2, 0.25) is 0 Å². The first-order valence-electron chi connectivity index (χ1n) is 6.08. The monoisotopic (exact) mass is 281 g/mol. The van der Waals surface area contributed by atoms with E-state index in [1.807, 2.05) is 0 Å². The van der Waals surface area contributed by atoms with Crippen molar-refractivity contribution in [2.75, 3.05) is 5.88 Å². The van der Waals surface area contributed by atoms with Gasteiger partial charge in [0.05, 0.1) is 12.1 Å². The van der Waals surface area contributed by atoms with Gasteiger partial charge in [-0.25, -0.2) is 4.98 Å². The number of aromatic nitrogens is 1. The third-order valence-corrected chi connectivity index (χ3v) is 3.66. The molecule has 0 N–H and O–H groups in total. The number of nitrogens with zero attached hydrogens (tertiary/aromatic N) is 1. The van der Waals surface area contributed by atoms with Crippen LogP contribution in [0.5, 0.6) is 0 Å². The molecule has 2 rings (SSSR count). The molecule has 1 aromatic heterocycles. The largest absolute Gasteiger partial charge is 0.445 e. The first kappa shape index (κ1) is 13.7. The number of alkyl halides is 4. The Morgan fingerprint density at radius 2 is 1.94 bits per heavy atom. The van der Waals surface area contributed by atoms with Crippen LogP contribution < -0.4 is 0 Å². The lowest BCUT2D eigenvalue weighted by Gasteiger charge is -2.28. The average Bonchev–Trinajstić information content (AvgIpc) is 2.77. The van der Waals surface area contributed by atoms with Gasteiger partial charge in [0.1, 0.15) is 5.76 Å². The van der Waals surface area contributed by atoms with Crippen molar-refractivity contribution < 1.29 is 17.6 Å². The standard InChI is InChI=1S/C12H15ClF3NO/c13-6-5-11-17-7-10(18-11)8-1-3-9(4-2-8)12(14,15)16/h7-9H,1-6H2. The number of halogens is 4. The van der Waals surface area contributed by atoms with E-state index in [2.05, 4.69) is 4.98 Å². The quantitative estimate of drug-likeness (QED) is 0.773. The maximum Gasteiger partial charge on any atom is 0.391 e. The number of rotatable bonds is 3. The lowest BCUT2D eigenvalue weighted by atomic mass is 9.81. The molecule has 1 heterocycles. The van der Waals surface area contributed by atoms with Gasteiger partial charge in [-0.3, -0.25) is 0 Å². The minimum atomic E-state index is -4.06. The molecule has 6 heteroatoms. The fourth-order valence-electron chi connectivity index (χ4n) is 2.41. The maximum atomic E-state index is 12.5. The summed E-state index contributed by atoms with van der Waals surface area (Å²) in [5, 5.41) is 0. The molecule has 2 nitrogen and oxygen atoms in total. The van der Waals surface area contributed by atoms with Crippen LogP contribution in [0.4, 0.5) is 13.2 Å². The molecule has 0 spiro atoms. The Balaban J connectivity index is 1.92. The molecule has 0 aromatic carbocycles. The molecule has 0 radical (unpaired) electrons. The first-order valence-corrected chi connectivity index (χ1v) is 6.61. The Morgan fingerprint density at radius 3 is 2.50 bits per heavy atom. The van der Waals surface area contributed by atoms with E-state index in [9.17, 15) is 13.2 Å². The summed E-state index contributed by atoms with van der Waals surface area (Å²) < 4.78 is 43.1. The van der Waals surface area contributed by atoms with E-state index < -0.39 is 12.1 Å². The second-order valence-corrected chi connectivity index (χ2v) is 5.06. The smallest absolute Gasteiger partial charge is 0.391 e. The fourth-order valence-corrected chi connectivity index (χ4v) is 2.58. The second-order valence-electron chi connectivity index (χ2n) is 4.69. The lowest BCUT2D eigenvalue weighted by molar-refractivity contribution is -0.182. The van der Waals surface area contributed by atoms with Crippen LogP contribution in [-0.2, 0) is 6.42 Å². The zero-order valence-corrected chi connectivity index (χ0v) is 10.6. The van der Waals surface area contributed by atoms with Crippen molar-refractivity contribution >= 4 is 11.6 Å². The molecule has 0 aliphatic heterocycles. The van der Waals surface area contributed by atoms with Gasteiger partial charge < -0.3 is 4.42 Å². The number of hydrogen-bond donors (Lipinski definition) is 0. The summed E-state index contributed by atoms with van der Waals surface area (Å²) in [6.07, 6.45) is -0.491. The van der Waals surface area contributed by atoms with Crippen molar-refractivity contribution in [1.29, 1.82) is 0 Å². The number of oxazole rings is 1. The van der Waals surface area contributed by atoms with Gasteiger partial charge in [0.2, 0.25) is 0 Å². The Kier molecular flexibility index (Phi) is 4.20. The van der Waals surface area contributed by atoms with Crippen molar-refractivity contribution in [2.45, 2.75) is 44.2 Å². The maximum absolute atomic E-state index is 12.5. The summed E-state index contributed by atoms with van der Waals surface area (Å²) in [5.41, 5.74) is 0. The molecule has 1 aromatic rings. The van der Waals surface area contributed by atoms with Gasteiger partial charge in [-0.05, 0) is 25.7 Å². The van der Waals surface area contributed by atoms with E-state index in [4.69, 9.17) is 16.0 Å². The van der Waals surface area contributed by atoms with E-state index >= 15 is 0 Å². The summed E-state index contributed by atoms with van der Waals surface area (Å²) in [6, 6.07) is 0. The van der Waals surface area contributed by atoms with Crippen molar-refractivity contribution in [3.05, 3.63) is 17.8 Å². The molecule has 102 valence electrons. The predicted molar refractivity (Wildman–Crippen MR) is 61.7 cm³/mol. The SMILES string of the molecule is FC(F)(F)C1CCC(c2cnc(CCCl)o2)CC1. The Bertz CT molecular complexity index is 383. The van der Waals surface area contributed by atoms with Crippen molar-refractivity contribution in [1.82, 2.24) is 4.98 Å². The zero-order valence-electron chi connectivity index (χ0n) is 9.84. The molecule has 0 saturated heterocycles. The summed E-state index contributed by atoms with van der Waals surface area (Å²) in [5.74, 6) is 0.619. The van der Waals surface area contributed by atoms with Crippen LogP contribution in [-0.4, -0.2) is 17.0 Å². The van der Waals surface area contributed by atoms with Gasteiger partial charge in [-0.1, -0.05) is 0 Å². The van der Waals surface area contributed by atoms with E-state index in [1.165, 1.54) is 0 Å². The van der Waals surface area contributed by atoms with Crippen LogP contribution in [0, 0.1) is 5.92 Å². The highest BCUT2D eigenvalue weighted by molar-refractivity contribution is 6.17. The van der Waals surface area contributed by atoms with Gasteiger partial charge in [-0.15, -0.1) is 11.6 Å². The second kappa shape index (κ2) is 5.51. The van der Waals surface area contributed by atoms with Crippen LogP contribution in [0.1, 0.15) is 43.3 Å². The van der Waals surface area contributed by atoms with Crippen LogP contribution >= 0.6 is 11.6 Å². The number of aryl methyl sites for hydroxylation is 1. The molecule has 18 heavy (non-hydrogen) atoms. The highest BCUT2D eigenvalue weighted by Crippen LogP contribution is 2.42. The molecular weight excluding hydrogens is 267 g/mol. The Morgan fingerprint density at radius 1 is 1.28 bits per heavy atom. The third kappa shape index (κ3) is 3.19. The van der Waals surface area contributed by atoms with E-state index in [1.54, 1.807) is 6.20 Å². The number of hydrogen-bond acceptors (Lipinski definition) is 2. The highest BCUT2D eigenvalue weighted by Gasteiger charge is 2.42. The van der Waals surface area contributed by atoms with Crippen molar-refractivity contribution in [3.8, 4) is 0 Å². The Hall–Kier alpha value is -0.710. The summed E-state index contributed by atoms with van der Waals surface area (Å²) >= 11 is 5.58.